The number of likely N-dealkylation sites (tertiary alicyclic amines) is 1. The third kappa shape index (κ3) is 5.08. The second kappa shape index (κ2) is 6.80. The Morgan fingerprint density at radius 3 is 2.26 bits per heavy atom. The van der Waals surface area contributed by atoms with Gasteiger partial charge in [-0.2, -0.15) is 0 Å². The number of hydrogen-bond acceptors (Lipinski definition) is 6. The molecule has 0 aromatic carbocycles. The number of aromatic nitrogens is 2. The SMILES string of the molecule is CC(C)(C)OC(=O)N1CCC(Oc2ncc(C(=O)O)cn2)CC1. The molecule has 0 unspecified atom stereocenters. The lowest BCUT2D eigenvalue weighted by Crippen LogP contribution is -2.44. The molecule has 0 radical (unpaired) electrons. The summed E-state index contributed by atoms with van der Waals surface area (Å²) in [5.74, 6) is -1.08. The highest BCUT2D eigenvalue weighted by molar-refractivity contribution is 5.86. The van der Waals surface area contributed by atoms with Crippen LogP contribution in [0.3, 0.4) is 0 Å². The number of nitrogens with zero attached hydrogens (tertiary/aromatic N) is 3. The smallest absolute Gasteiger partial charge is 0.410 e. The molecule has 23 heavy (non-hydrogen) atoms. The van der Waals surface area contributed by atoms with Crippen molar-refractivity contribution in [1.82, 2.24) is 14.9 Å². The first-order chi connectivity index (χ1) is 10.7. The van der Waals surface area contributed by atoms with Gasteiger partial charge in [0.15, 0.2) is 0 Å². The van der Waals surface area contributed by atoms with Crippen molar-refractivity contribution in [3.05, 3.63) is 18.0 Å². The summed E-state index contributed by atoms with van der Waals surface area (Å²) >= 11 is 0. The van der Waals surface area contributed by atoms with Crippen LogP contribution >= 0.6 is 0 Å². The van der Waals surface area contributed by atoms with Crippen LogP contribution in [0.2, 0.25) is 0 Å². The van der Waals surface area contributed by atoms with Gasteiger partial charge in [-0.15, -0.1) is 0 Å². The van der Waals surface area contributed by atoms with Crippen LogP contribution in [0.1, 0.15) is 44.0 Å². The molecule has 0 aliphatic carbocycles. The molecule has 0 bridgehead atoms. The van der Waals surface area contributed by atoms with Crippen molar-refractivity contribution in [2.45, 2.75) is 45.3 Å². The Labute approximate surface area is 134 Å². The topological polar surface area (TPSA) is 102 Å². The van der Waals surface area contributed by atoms with E-state index >= 15 is 0 Å². The summed E-state index contributed by atoms with van der Waals surface area (Å²) in [5.41, 5.74) is -0.499. The van der Waals surface area contributed by atoms with E-state index in [9.17, 15) is 9.59 Å². The molecule has 2 rings (SSSR count). The average molecular weight is 323 g/mol. The minimum Gasteiger partial charge on any atom is -0.478 e. The zero-order chi connectivity index (χ0) is 17.0. The first kappa shape index (κ1) is 17.0. The number of piperidine rings is 1. The predicted octanol–water partition coefficient (Wildman–Crippen LogP) is 1.95. The van der Waals surface area contributed by atoms with Crippen LogP contribution in [0.15, 0.2) is 12.4 Å². The van der Waals surface area contributed by atoms with Crippen molar-refractivity contribution in [2.75, 3.05) is 13.1 Å². The van der Waals surface area contributed by atoms with E-state index in [-0.39, 0.29) is 23.8 Å². The van der Waals surface area contributed by atoms with Crippen LogP contribution in [0.25, 0.3) is 0 Å². The van der Waals surface area contributed by atoms with Crippen molar-refractivity contribution in [2.24, 2.45) is 0 Å². The fourth-order valence-corrected chi connectivity index (χ4v) is 2.12. The Balaban J connectivity index is 1.82. The van der Waals surface area contributed by atoms with Crippen LogP contribution in [0.5, 0.6) is 6.01 Å². The molecule has 8 nitrogen and oxygen atoms in total. The summed E-state index contributed by atoms with van der Waals surface area (Å²) in [7, 11) is 0. The molecule has 1 aromatic heterocycles. The molecular formula is C15H21N3O5. The molecular weight excluding hydrogens is 302 g/mol. The fraction of sp³-hybridized carbons (Fsp3) is 0.600. The maximum Gasteiger partial charge on any atom is 0.410 e. The molecule has 0 atom stereocenters. The summed E-state index contributed by atoms with van der Waals surface area (Å²) in [5, 5.41) is 8.79. The van der Waals surface area contributed by atoms with Gasteiger partial charge in [-0.3, -0.25) is 0 Å². The van der Waals surface area contributed by atoms with E-state index in [1.165, 1.54) is 12.4 Å². The van der Waals surface area contributed by atoms with Crippen molar-refractivity contribution in [1.29, 1.82) is 0 Å². The van der Waals surface area contributed by atoms with Crippen LogP contribution in [0, 0.1) is 0 Å². The minimum atomic E-state index is -1.08. The molecule has 2 heterocycles. The Morgan fingerprint density at radius 1 is 1.22 bits per heavy atom. The van der Waals surface area contributed by atoms with E-state index in [1.54, 1.807) is 4.90 Å². The Morgan fingerprint density at radius 2 is 1.78 bits per heavy atom. The molecule has 0 spiro atoms. The highest BCUT2D eigenvalue weighted by atomic mass is 16.6. The van der Waals surface area contributed by atoms with Gasteiger partial charge in [0.05, 0.1) is 5.56 Å². The molecule has 1 amide bonds. The van der Waals surface area contributed by atoms with Gasteiger partial charge >= 0.3 is 18.1 Å². The standard InChI is InChI=1S/C15H21N3O5/c1-15(2,3)23-14(21)18-6-4-11(5-7-18)22-13-16-8-10(9-17-13)12(19)20/h8-9,11H,4-7H2,1-3H3,(H,19,20). The Bertz CT molecular complexity index is 559. The van der Waals surface area contributed by atoms with Gasteiger partial charge in [-0.25, -0.2) is 19.6 Å². The summed E-state index contributed by atoms with van der Waals surface area (Å²) < 4.78 is 11.0. The summed E-state index contributed by atoms with van der Waals surface area (Å²) in [6.07, 6.45) is 3.27. The molecule has 1 aliphatic rings. The Kier molecular flexibility index (Phi) is 5.02. The van der Waals surface area contributed by atoms with E-state index < -0.39 is 11.6 Å². The first-order valence-electron chi connectivity index (χ1n) is 7.44. The second-order valence-electron chi connectivity index (χ2n) is 6.34. The van der Waals surface area contributed by atoms with E-state index in [4.69, 9.17) is 14.6 Å². The molecule has 126 valence electrons. The number of carboxylic acid groups (broad SMARTS) is 1. The van der Waals surface area contributed by atoms with Gasteiger partial charge in [-0.05, 0) is 20.8 Å². The molecule has 0 saturated carbocycles. The Hall–Kier alpha value is -2.38. The summed E-state index contributed by atoms with van der Waals surface area (Å²) in [6, 6.07) is 0.144. The van der Waals surface area contributed by atoms with Crippen LogP contribution < -0.4 is 4.74 Å². The van der Waals surface area contributed by atoms with Gasteiger partial charge in [0.1, 0.15) is 11.7 Å². The quantitative estimate of drug-likeness (QED) is 0.907. The number of carboxylic acids is 1. The maximum absolute atomic E-state index is 12.0. The third-order valence-electron chi connectivity index (χ3n) is 3.24. The zero-order valence-electron chi connectivity index (χ0n) is 13.5. The number of carbonyl (C=O) groups excluding carboxylic acids is 1. The highest BCUT2D eigenvalue weighted by Crippen LogP contribution is 2.18. The summed E-state index contributed by atoms with van der Waals surface area (Å²) in [4.78, 5) is 32.1. The van der Waals surface area contributed by atoms with Gasteiger partial charge in [0.2, 0.25) is 0 Å². The van der Waals surface area contributed by atoms with Gasteiger partial charge in [-0.1, -0.05) is 0 Å². The lowest BCUT2D eigenvalue weighted by atomic mass is 10.1. The maximum atomic E-state index is 12.0. The lowest BCUT2D eigenvalue weighted by molar-refractivity contribution is 0.0119. The van der Waals surface area contributed by atoms with E-state index in [0.717, 1.165) is 0 Å². The monoisotopic (exact) mass is 323 g/mol. The minimum absolute atomic E-state index is 0.0112. The number of ether oxygens (including phenoxy) is 2. The number of rotatable bonds is 3. The molecule has 1 aliphatic heterocycles. The van der Waals surface area contributed by atoms with Crippen molar-refractivity contribution >= 4 is 12.1 Å². The average Bonchev–Trinajstić information content (AvgIpc) is 2.46. The molecule has 8 heteroatoms. The van der Waals surface area contributed by atoms with E-state index in [0.29, 0.717) is 25.9 Å². The lowest BCUT2D eigenvalue weighted by Gasteiger charge is -2.33. The number of carbonyl (C=O) groups is 2. The molecule has 1 N–H and O–H groups in total. The molecule has 1 saturated heterocycles. The van der Waals surface area contributed by atoms with Crippen LogP contribution in [0.4, 0.5) is 4.79 Å². The largest absolute Gasteiger partial charge is 0.478 e. The first-order valence-corrected chi connectivity index (χ1v) is 7.44. The third-order valence-corrected chi connectivity index (χ3v) is 3.24. The highest BCUT2D eigenvalue weighted by Gasteiger charge is 2.28. The molecule has 1 fully saturated rings. The molecule has 1 aromatic rings. The van der Waals surface area contributed by atoms with Gasteiger partial charge < -0.3 is 19.5 Å². The number of aromatic carboxylic acids is 1. The normalized spacial score (nSPS) is 16.0. The fourth-order valence-electron chi connectivity index (χ4n) is 2.12. The van der Waals surface area contributed by atoms with Gasteiger partial charge in [0.25, 0.3) is 0 Å². The van der Waals surface area contributed by atoms with Gasteiger partial charge in [0, 0.05) is 38.3 Å². The van der Waals surface area contributed by atoms with Crippen molar-refractivity contribution in [3.8, 4) is 6.01 Å². The zero-order valence-corrected chi connectivity index (χ0v) is 13.5. The number of hydrogen-bond donors (Lipinski definition) is 1. The van der Waals surface area contributed by atoms with Crippen LogP contribution in [-0.2, 0) is 4.74 Å². The van der Waals surface area contributed by atoms with Crippen LogP contribution in [-0.4, -0.2) is 56.8 Å². The van der Waals surface area contributed by atoms with E-state index in [2.05, 4.69) is 9.97 Å². The van der Waals surface area contributed by atoms with Crippen molar-refractivity contribution < 1.29 is 24.2 Å². The number of amides is 1. The predicted molar refractivity (Wildman–Crippen MR) is 80.4 cm³/mol. The summed E-state index contributed by atoms with van der Waals surface area (Å²) in [6.45, 7) is 6.57. The second-order valence-corrected chi connectivity index (χ2v) is 6.34. The van der Waals surface area contributed by atoms with E-state index in [1.807, 2.05) is 20.8 Å². The van der Waals surface area contributed by atoms with Crippen molar-refractivity contribution in [3.63, 3.8) is 0 Å².